The number of nitrogens with zero attached hydrogens (tertiary/aromatic N) is 3. The number of methoxy groups -OCH3 is 1. The standard InChI is InChI=1S/C19H24N4O3S/c1-26-15(24)10-20-18(25)12-6-8-23(9-7-12)17-16-13-4-2-3-5-14(13)27-19(16)22-11-21-17/h11-12H,2-10H2,1H3,(H,20,25). The number of fused-ring (bicyclic) bond motifs is 3. The van der Waals surface area contributed by atoms with Crippen molar-refractivity contribution < 1.29 is 14.3 Å². The summed E-state index contributed by atoms with van der Waals surface area (Å²) in [6.07, 6.45) is 7.93. The lowest BCUT2D eigenvalue weighted by Gasteiger charge is -2.32. The third-order valence-electron chi connectivity index (χ3n) is 5.53. The molecule has 4 rings (SSSR count). The summed E-state index contributed by atoms with van der Waals surface area (Å²) >= 11 is 1.81. The number of piperidine rings is 1. The first-order valence-corrected chi connectivity index (χ1v) is 10.3. The molecule has 1 N–H and O–H groups in total. The van der Waals surface area contributed by atoms with Crippen LogP contribution in [0.2, 0.25) is 0 Å². The van der Waals surface area contributed by atoms with Crippen molar-refractivity contribution in [2.24, 2.45) is 5.92 Å². The van der Waals surface area contributed by atoms with Crippen LogP contribution in [0.5, 0.6) is 0 Å². The summed E-state index contributed by atoms with van der Waals surface area (Å²) in [4.78, 5) is 37.4. The number of esters is 1. The number of anilines is 1. The molecular formula is C19H24N4O3S. The van der Waals surface area contributed by atoms with E-state index in [1.807, 2.05) is 11.3 Å². The number of ether oxygens (including phenoxy) is 1. The molecule has 1 saturated heterocycles. The quantitative estimate of drug-likeness (QED) is 0.808. The van der Waals surface area contributed by atoms with Gasteiger partial charge in [-0.15, -0.1) is 11.3 Å². The second kappa shape index (κ2) is 7.80. The van der Waals surface area contributed by atoms with Crippen molar-refractivity contribution in [2.75, 3.05) is 31.6 Å². The second-order valence-corrected chi connectivity index (χ2v) is 8.23. The van der Waals surface area contributed by atoms with Crippen LogP contribution in [0.15, 0.2) is 6.33 Å². The van der Waals surface area contributed by atoms with E-state index in [0.717, 1.165) is 49.4 Å². The average molecular weight is 388 g/mol. The molecule has 0 spiro atoms. The maximum absolute atomic E-state index is 12.3. The topological polar surface area (TPSA) is 84.4 Å². The molecule has 0 radical (unpaired) electrons. The van der Waals surface area contributed by atoms with Crippen LogP contribution in [0.4, 0.5) is 5.82 Å². The SMILES string of the molecule is COC(=O)CNC(=O)C1CCN(c2ncnc3sc4c(c23)CCCC4)CC1. The molecule has 2 aromatic rings. The Morgan fingerprint density at radius 3 is 2.81 bits per heavy atom. The summed E-state index contributed by atoms with van der Waals surface area (Å²) in [5, 5.41) is 3.90. The number of carbonyl (C=O) groups is 2. The van der Waals surface area contributed by atoms with Crippen molar-refractivity contribution in [1.29, 1.82) is 0 Å². The van der Waals surface area contributed by atoms with Crippen molar-refractivity contribution >= 4 is 39.2 Å². The van der Waals surface area contributed by atoms with E-state index in [-0.39, 0.29) is 18.4 Å². The van der Waals surface area contributed by atoms with E-state index in [4.69, 9.17) is 0 Å². The molecule has 7 nitrogen and oxygen atoms in total. The van der Waals surface area contributed by atoms with E-state index < -0.39 is 5.97 Å². The van der Waals surface area contributed by atoms with Crippen LogP contribution in [0.25, 0.3) is 10.2 Å². The minimum atomic E-state index is -0.425. The Kier molecular flexibility index (Phi) is 5.24. The van der Waals surface area contributed by atoms with Crippen LogP contribution in [-0.4, -0.2) is 48.6 Å². The molecule has 1 amide bonds. The number of carbonyl (C=O) groups excluding carboxylic acids is 2. The lowest BCUT2D eigenvalue weighted by atomic mass is 9.94. The minimum Gasteiger partial charge on any atom is -0.468 e. The fraction of sp³-hybridized carbons (Fsp3) is 0.579. The minimum absolute atomic E-state index is 0.0663. The molecule has 27 heavy (non-hydrogen) atoms. The van der Waals surface area contributed by atoms with Crippen LogP contribution in [0.1, 0.15) is 36.1 Å². The zero-order valence-corrected chi connectivity index (χ0v) is 16.3. The molecular weight excluding hydrogens is 364 g/mol. The molecule has 0 unspecified atom stereocenters. The maximum atomic E-state index is 12.3. The number of hydrogen-bond acceptors (Lipinski definition) is 7. The number of aryl methyl sites for hydroxylation is 2. The summed E-state index contributed by atoms with van der Waals surface area (Å²) in [5.41, 5.74) is 1.44. The van der Waals surface area contributed by atoms with Gasteiger partial charge in [0, 0.05) is 23.9 Å². The van der Waals surface area contributed by atoms with E-state index in [2.05, 4.69) is 24.9 Å². The van der Waals surface area contributed by atoms with Gasteiger partial charge < -0.3 is 15.0 Å². The molecule has 3 heterocycles. The first-order valence-electron chi connectivity index (χ1n) is 9.52. The highest BCUT2D eigenvalue weighted by molar-refractivity contribution is 7.19. The van der Waals surface area contributed by atoms with Crippen LogP contribution < -0.4 is 10.2 Å². The van der Waals surface area contributed by atoms with Crippen molar-refractivity contribution in [3.8, 4) is 0 Å². The molecule has 0 saturated carbocycles. The first kappa shape index (κ1) is 18.2. The number of thiophene rings is 1. The molecule has 2 aliphatic rings. The highest BCUT2D eigenvalue weighted by atomic mass is 32.1. The number of rotatable bonds is 4. The van der Waals surface area contributed by atoms with Crippen molar-refractivity contribution in [3.05, 3.63) is 16.8 Å². The normalized spacial score (nSPS) is 17.6. The van der Waals surface area contributed by atoms with Crippen LogP contribution in [0, 0.1) is 5.92 Å². The highest BCUT2D eigenvalue weighted by Gasteiger charge is 2.28. The Hall–Kier alpha value is -2.22. The Bertz CT molecular complexity index is 858. The van der Waals surface area contributed by atoms with Gasteiger partial charge in [-0.2, -0.15) is 0 Å². The lowest BCUT2D eigenvalue weighted by Crippen LogP contribution is -2.42. The predicted octanol–water partition coefficient (Wildman–Crippen LogP) is 2.08. The third-order valence-corrected chi connectivity index (χ3v) is 6.73. The Morgan fingerprint density at radius 1 is 1.26 bits per heavy atom. The van der Waals surface area contributed by atoms with Gasteiger partial charge in [-0.3, -0.25) is 9.59 Å². The molecule has 0 aromatic carbocycles. The van der Waals surface area contributed by atoms with Gasteiger partial charge in [0.2, 0.25) is 5.91 Å². The van der Waals surface area contributed by atoms with E-state index in [0.29, 0.717) is 0 Å². The van der Waals surface area contributed by atoms with Crippen molar-refractivity contribution in [3.63, 3.8) is 0 Å². The highest BCUT2D eigenvalue weighted by Crippen LogP contribution is 2.39. The summed E-state index contributed by atoms with van der Waals surface area (Å²) in [6.45, 7) is 1.50. The number of aromatic nitrogens is 2. The summed E-state index contributed by atoms with van der Waals surface area (Å²) in [6, 6.07) is 0. The third kappa shape index (κ3) is 3.63. The zero-order chi connectivity index (χ0) is 18.8. The molecule has 1 aliphatic heterocycles. The van der Waals surface area contributed by atoms with Crippen molar-refractivity contribution in [2.45, 2.75) is 38.5 Å². The Balaban J connectivity index is 1.46. The maximum Gasteiger partial charge on any atom is 0.325 e. The van der Waals surface area contributed by atoms with E-state index in [9.17, 15) is 9.59 Å². The van der Waals surface area contributed by atoms with Gasteiger partial charge in [0.05, 0.1) is 12.5 Å². The summed E-state index contributed by atoms with van der Waals surface area (Å²) in [7, 11) is 1.32. The monoisotopic (exact) mass is 388 g/mol. The van der Waals surface area contributed by atoms with Gasteiger partial charge in [-0.05, 0) is 44.1 Å². The number of hydrogen-bond donors (Lipinski definition) is 1. The first-order chi connectivity index (χ1) is 13.2. The van der Waals surface area contributed by atoms with E-state index in [1.54, 1.807) is 6.33 Å². The number of amides is 1. The lowest BCUT2D eigenvalue weighted by molar-refractivity contribution is -0.141. The fourth-order valence-corrected chi connectivity index (χ4v) is 5.27. The van der Waals surface area contributed by atoms with Gasteiger partial charge in [-0.1, -0.05) is 0 Å². The van der Waals surface area contributed by atoms with Crippen LogP contribution in [0.3, 0.4) is 0 Å². The predicted molar refractivity (Wildman–Crippen MR) is 104 cm³/mol. The average Bonchev–Trinajstić information content (AvgIpc) is 3.10. The van der Waals surface area contributed by atoms with Gasteiger partial charge in [0.25, 0.3) is 0 Å². The van der Waals surface area contributed by atoms with Gasteiger partial charge in [-0.25, -0.2) is 9.97 Å². The van der Waals surface area contributed by atoms with E-state index in [1.165, 1.54) is 35.8 Å². The molecule has 1 fully saturated rings. The summed E-state index contributed by atoms with van der Waals surface area (Å²) < 4.78 is 4.57. The molecule has 1 aliphatic carbocycles. The Morgan fingerprint density at radius 2 is 2.04 bits per heavy atom. The second-order valence-electron chi connectivity index (χ2n) is 7.14. The fourth-order valence-electron chi connectivity index (χ4n) is 4.04. The van der Waals surface area contributed by atoms with Gasteiger partial charge in [0.1, 0.15) is 23.5 Å². The molecule has 0 bridgehead atoms. The summed E-state index contributed by atoms with van der Waals surface area (Å²) in [5.74, 6) is 0.458. The van der Waals surface area contributed by atoms with Gasteiger partial charge >= 0.3 is 5.97 Å². The largest absolute Gasteiger partial charge is 0.468 e. The van der Waals surface area contributed by atoms with Crippen molar-refractivity contribution in [1.82, 2.24) is 15.3 Å². The van der Waals surface area contributed by atoms with E-state index >= 15 is 0 Å². The van der Waals surface area contributed by atoms with Crippen LogP contribution >= 0.6 is 11.3 Å². The molecule has 2 aromatic heterocycles. The Labute approximate surface area is 162 Å². The van der Waals surface area contributed by atoms with Gasteiger partial charge in [0.15, 0.2) is 0 Å². The molecule has 0 atom stereocenters. The molecule has 144 valence electrons. The number of nitrogens with one attached hydrogen (secondary N) is 1. The smallest absolute Gasteiger partial charge is 0.325 e. The molecule has 8 heteroatoms. The van der Waals surface area contributed by atoms with Crippen LogP contribution in [-0.2, 0) is 27.2 Å². The zero-order valence-electron chi connectivity index (χ0n) is 15.5.